The van der Waals surface area contributed by atoms with Gasteiger partial charge in [-0.15, -0.1) is 10.2 Å². The molecular weight excluding hydrogens is 254 g/mol. The Morgan fingerprint density at radius 1 is 1.05 bits per heavy atom. The number of para-hydroxylation sites is 1. The number of hydrogen-bond acceptors (Lipinski definition) is 3. The molecule has 3 rings (SSSR count). The van der Waals surface area contributed by atoms with Crippen LogP contribution in [0.5, 0.6) is 0 Å². The molecule has 2 aromatic rings. The van der Waals surface area contributed by atoms with Crippen molar-refractivity contribution in [3.8, 4) is 5.69 Å². The van der Waals surface area contributed by atoms with Crippen LogP contribution in [-0.4, -0.2) is 21.0 Å². The third-order valence-electron chi connectivity index (χ3n) is 3.83. The Labute approximate surface area is 118 Å². The van der Waals surface area contributed by atoms with Crippen LogP contribution in [0.25, 0.3) is 5.69 Å². The molecule has 1 aliphatic rings. The Bertz CT molecular complexity index is 530. The standard InChI is InChI=1S/C15H19N3S/c1-19-15-17-16-14(12-8-4-2-5-9-12)18(15)13-10-6-3-7-11-13/h3,6-7,10-12H,2,4-5,8-9H2,1H3. The van der Waals surface area contributed by atoms with E-state index in [2.05, 4.69) is 45.3 Å². The van der Waals surface area contributed by atoms with Gasteiger partial charge in [0.2, 0.25) is 0 Å². The summed E-state index contributed by atoms with van der Waals surface area (Å²) in [6, 6.07) is 10.5. The lowest BCUT2D eigenvalue weighted by Gasteiger charge is -2.21. The summed E-state index contributed by atoms with van der Waals surface area (Å²) in [5.41, 5.74) is 1.18. The molecule has 3 nitrogen and oxygen atoms in total. The zero-order valence-electron chi connectivity index (χ0n) is 11.2. The highest BCUT2D eigenvalue weighted by Crippen LogP contribution is 2.34. The first kappa shape index (κ1) is 12.7. The second kappa shape index (κ2) is 5.78. The number of aromatic nitrogens is 3. The molecule has 0 bridgehead atoms. The van der Waals surface area contributed by atoms with Crippen molar-refractivity contribution in [1.29, 1.82) is 0 Å². The minimum atomic E-state index is 0.572. The summed E-state index contributed by atoms with van der Waals surface area (Å²) in [6.45, 7) is 0. The third-order valence-corrected chi connectivity index (χ3v) is 4.46. The smallest absolute Gasteiger partial charge is 0.195 e. The van der Waals surface area contributed by atoms with Crippen molar-refractivity contribution in [1.82, 2.24) is 14.8 Å². The van der Waals surface area contributed by atoms with E-state index >= 15 is 0 Å². The monoisotopic (exact) mass is 273 g/mol. The summed E-state index contributed by atoms with van der Waals surface area (Å²) in [7, 11) is 0. The average molecular weight is 273 g/mol. The van der Waals surface area contributed by atoms with E-state index in [9.17, 15) is 0 Å². The summed E-state index contributed by atoms with van der Waals surface area (Å²) in [6.07, 6.45) is 8.57. The number of rotatable bonds is 3. The Morgan fingerprint density at radius 3 is 2.47 bits per heavy atom. The normalized spacial score (nSPS) is 16.7. The molecule has 1 fully saturated rings. The first-order valence-corrected chi connectivity index (χ1v) is 8.17. The van der Waals surface area contributed by atoms with Crippen LogP contribution < -0.4 is 0 Å². The second-order valence-electron chi connectivity index (χ2n) is 5.05. The molecule has 100 valence electrons. The van der Waals surface area contributed by atoms with Gasteiger partial charge in [0.05, 0.1) is 0 Å². The van der Waals surface area contributed by atoms with E-state index in [1.165, 1.54) is 37.8 Å². The highest BCUT2D eigenvalue weighted by Gasteiger charge is 2.23. The molecule has 0 unspecified atom stereocenters. The largest absolute Gasteiger partial charge is 0.274 e. The van der Waals surface area contributed by atoms with Crippen molar-refractivity contribution < 1.29 is 0 Å². The predicted molar refractivity (Wildman–Crippen MR) is 79.0 cm³/mol. The number of nitrogens with zero attached hydrogens (tertiary/aromatic N) is 3. The molecule has 1 heterocycles. The van der Waals surface area contributed by atoms with Crippen LogP contribution in [0.3, 0.4) is 0 Å². The van der Waals surface area contributed by atoms with E-state index < -0.39 is 0 Å². The summed E-state index contributed by atoms with van der Waals surface area (Å²) in [5, 5.41) is 9.83. The minimum absolute atomic E-state index is 0.572. The van der Waals surface area contributed by atoms with Gasteiger partial charge >= 0.3 is 0 Å². The van der Waals surface area contributed by atoms with Gasteiger partial charge in [-0.2, -0.15) is 0 Å². The van der Waals surface area contributed by atoms with Gasteiger partial charge in [-0.1, -0.05) is 49.2 Å². The number of thioether (sulfide) groups is 1. The minimum Gasteiger partial charge on any atom is -0.274 e. The fourth-order valence-electron chi connectivity index (χ4n) is 2.86. The van der Waals surface area contributed by atoms with Crippen LogP contribution in [0.15, 0.2) is 35.5 Å². The summed E-state index contributed by atoms with van der Waals surface area (Å²) in [5.74, 6) is 1.72. The van der Waals surface area contributed by atoms with Crippen molar-refractivity contribution in [2.45, 2.75) is 43.2 Å². The highest BCUT2D eigenvalue weighted by atomic mass is 32.2. The van der Waals surface area contributed by atoms with Crippen molar-refractivity contribution >= 4 is 11.8 Å². The topological polar surface area (TPSA) is 30.7 Å². The summed E-state index contributed by atoms with van der Waals surface area (Å²) in [4.78, 5) is 0. The fourth-order valence-corrected chi connectivity index (χ4v) is 3.36. The lowest BCUT2D eigenvalue weighted by molar-refractivity contribution is 0.423. The lowest BCUT2D eigenvalue weighted by Crippen LogP contribution is -2.11. The molecule has 0 aliphatic heterocycles. The molecule has 0 amide bonds. The number of hydrogen-bond donors (Lipinski definition) is 0. The molecule has 0 spiro atoms. The molecule has 0 saturated heterocycles. The van der Waals surface area contributed by atoms with Crippen LogP contribution in [0.2, 0.25) is 0 Å². The summed E-state index contributed by atoms with van der Waals surface area (Å²) >= 11 is 1.66. The lowest BCUT2D eigenvalue weighted by atomic mass is 9.88. The van der Waals surface area contributed by atoms with Crippen LogP contribution in [0, 0.1) is 0 Å². The van der Waals surface area contributed by atoms with Gasteiger partial charge in [0.1, 0.15) is 5.82 Å². The zero-order valence-corrected chi connectivity index (χ0v) is 12.1. The zero-order chi connectivity index (χ0) is 13.1. The highest BCUT2D eigenvalue weighted by molar-refractivity contribution is 7.98. The molecule has 1 aromatic carbocycles. The van der Waals surface area contributed by atoms with E-state index in [1.54, 1.807) is 11.8 Å². The second-order valence-corrected chi connectivity index (χ2v) is 5.82. The van der Waals surface area contributed by atoms with Crippen LogP contribution >= 0.6 is 11.8 Å². The maximum Gasteiger partial charge on any atom is 0.195 e. The molecule has 0 atom stereocenters. The maximum atomic E-state index is 4.48. The van der Waals surface area contributed by atoms with E-state index in [-0.39, 0.29) is 0 Å². The van der Waals surface area contributed by atoms with Crippen molar-refractivity contribution in [3.63, 3.8) is 0 Å². The number of benzene rings is 1. The Hall–Kier alpha value is -1.29. The molecule has 1 aromatic heterocycles. The Balaban J connectivity index is 2.03. The van der Waals surface area contributed by atoms with Crippen LogP contribution in [-0.2, 0) is 0 Å². The van der Waals surface area contributed by atoms with E-state index in [1.807, 2.05) is 6.07 Å². The van der Waals surface area contributed by atoms with E-state index in [0.717, 1.165) is 11.0 Å². The molecular formula is C15H19N3S. The average Bonchev–Trinajstić information content (AvgIpc) is 2.93. The molecule has 4 heteroatoms. The fraction of sp³-hybridized carbons (Fsp3) is 0.467. The van der Waals surface area contributed by atoms with Gasteiger partial charge in [0, 0.05) is 11.6 Å². The van der Waals surface area contributed by atoms with Gasteiger partial charge in [-0.3, -0.25) is 4.57 Å². The van der Waals surface area contributed by atoms with Gasteiger partial charge in [0.25, 0.3) is 0 Å². The van der Waals surface area contributed by atoms with Crippen molar-refractivity contribution in [2.75, 3.05) is 6.26 Å². The third kappa shape index (κ3) is 2.54. The van der Waals surface area contributed by atoms with Gasteiger partial charge in [-0.05, 0) is 31.2 Å². The van der Waals surface area contributed by atoms with Gasteiger partial charge in [-0.25, -0.2) is 0 Å². The first-order chi connectivity index (χ1) is 9.40. The molecule has 0 N–H and O–H groups in total. The Morgan fingerprint density at radius 2 is 1.79 bits per heavy atom. The predicted octanol–water partition coefficient (Wildman–Crippen LogP) is 4.04. The van der Waals surface area contributed by atoms with Crippen LogP contribution in [0.4, 0.5) is 0 Å². The molecule has 1 saturated carbocycles. The van der Waals surface area contributed by atoms with Gasteiger partial charge in [0.15, 0.2) is 5.16 Å². The molecule has 1 aliphatic carbocycles. The van der Waals surface area contributed by atoms with E-state index in [0.29, 0.717) is 5.92 Å². The SMILES string of the molecule is CSc1nnc(C2CCCCC2)n1-c1ccccc1. The maximum absolute atomic E-state index is 4.48. The van der Waals surface area contributed by atoms with Gasteiger partial charge < -0.3 is 0 Å². The first-order valence-electron chi connectivity index (χ1n) is 6.95. The quantitative estimate of drug-likeness (QED) is 0.791. The van der Waals surface area contributed by atoms with Crippen LogP contribution in [0.1, 0.15) is 43.8 Å². The molecule has 19 heavy (non-hydrogen) atoms. The van der Waals surface area contributed by atoms with Crippen molar-refractivity contribution in [3.05, 3.63) is 36.2 Å². The van der Waals surface area contributed by atoms with Crippen molar-refractivity contribution in [2.24, 2.45) is 0 Å². The van der Waals surface area contributed by atoms with E-state index in [4.69, 9.17) is 0 Å². The Kier molecular flexibility index (Phi) is 3.87. The molecule has 0 radical (unpaired) electrons. The summed E-state index contributed by atoms with van der Waals surface area (Å²) < 4.78 is 2.24.